The highest BCUT2D eigenvalue weighted by molar-refractivity contribution is 6.04. The molecule has 1 amide bonds. The quantitative estimate of drug-likeness (QED) is 0.309. The standard InChI is InChI=1S/C33H28N8O2/c1-21(37-32(42)29-30(34)38-40-18-8-16-35-31(29)40)26-19-23-10-7-9-22(14-15-27-36-20-25-13-5-6-17-39(25)27)28(23)33(43)41(26)24-11-3-2-4-12-24/h2-4,7-12,16,18-21H,5-6,13,17H2,1H3,(H2,34,38)(H,37,42). The molecule has 6 aromatic rings. The van der Waals surface area contributed by atoms with Gasteiger partial charge in [-0.15, -0.1) is 5.10 Å². The number of nitrogen functional groups attached to an aromatic ring is 1. The fourth-order valence-corrected chi connectivity index (χ4v) is 5.77. The van der Waals surface area contributed by atoms with Gasteiger partial charge in [-0.2, -0.15) is 0 Å². The molecule has 0 aliphatic carbocycles. The predicted molar refractivity (Wildman–Crippen MR) is 164 cm³/mol. The van der Waals surface area contributed by atoms with E-state index in [0.717, 1.165) is 31.2 Å². The number of fused-ring (bicyclic) bond motifs is 3. The molecule has 5 heterocycles. The van der Waals surface area contributed by atoms with Crippen molar-refractivity contribution in [3.8, 4) is 17.5 Å². The van der Waals surface area contributed by atoms with E-state index >= 15 is 0 Å². The zero-order valence-electron chi connectivity index (χ0n) is 23.5. The molecule has 1 unspecified atom stereocenters. The lowest BCUT2D eigenvalue weighted by Crippen LogP contribution is -2.32. The minimum atomic E-state index is -0.575. The number of pyridine rings is 1. The third-order valence-electron chi connectivity index (χ3n) is 7.84. The van der Waals surface area contributed by atoms with Gasteiger partial charge in [0.1, 0.15) is 5.56 Å². The number of benzene rings is 2. The number of imidazole rings is 1. The molecule has 43 heavy (non-hydrogen) atoms. The molecule has 4 aromatic heterocycles. The van der Waals surface area contributed by atoms with Crippen molar-refractivity contribution >= 4 is 28.1 Å². The Morgan fingerprint density at radius 2 is 1.91 bits per heavy atom. The Balaban J connectivity index is 1.33. The Morgan fingerprint density at radius 1 is 1.05 bits per heavy atom. The van der Waals surface area contributed by atoms with Crippen molar-refractivity contribution < 1.29 is 4.79 Å². The highest BCUT2D eigenvalue weighted by Gasteiger charge is 2.24. The lowest BCUT2D eigenvalue weighted by molar-refractivity contribution is 0.0941. The van der Waals surface area contributed by atoms with E-state index in [4.69, 9.17) is 5.73 Å². The van der Waals surface area contributed by atoms with Crippen molar-refractivity contribution in [3.63, 3.8) is 0 Å². The summed E-state index contributed by atoms with van der Waals surface area (Å²) in [5, 5.41) is 8.44. The first-order valence-electron chi connectivity index (χ1n) is 14.2. The van der Waals surface area contributed by atoms with Gasteiger partial charge in [0.25, 0.3) is 11.5 Å². The smallest absolute Gasteiger partial charge is 0.264 e. The van der Waals surface area contributed by atoms with Crippen LogP contribution in [0.4, 0.5) is 5.82 Å². The maximum absolute atomic E-state index is 14.3. The van der Waals surface area contributed by atoms with E-state index in [1.165, 1.54) is 10.2 Å². The zero-order chi connectivity index (χ0) is 29.5. The summed E-state index contributed by atoms with van der Waals surface area (Å²) >= 11 is 0. The lowest BCUT2D eigenvalue weighted by Gasteiger charge is -2.21. The van der Waals surface area contributed by atoms with Crippen LogP contribution in [0.15, 0.2) is 84.0 Å². The van der Waals surface area contributed by atoms with Crippen molar-refractivity contribution in [3.05, 3.63) is 118 Å². The number of anilines is 1. The summed E-state index contributed by atoms with van der Waals surface area (Å²) < 4.78 is 5.26. The molecule has 0 bridgehead atoms. The summed E-state index contributed by atoms with van der Waals surface area (Å²) in [5.74, 6) is 6.80. The molecule has 0 saturated carbocycles. The van der Waals surface area contributed by atoms with Gasteiger partial charge in [-0.05, 0) is 67.8 Å². The van der Waals surface area contributed by atoms with Gasteiger partial charge in [-0.1, -0.05) is 36.3 Å². The van der Waals surface area contributed by atoms with Gasteiger partial charge in [0.15, 0.2) is 17.3 Å². The lowest BCUT2D eigenvalue weighted by atomic mass is 10.0. The number of aryl methyl sites for hydroxylation is 1. The highest BCUT2D eigenvalue weighted by Crippen LogP contribution is 2.25. The second-order valence-corrected chi connectivity index (χ2v) is 10.6. The van der Waals surface area contributed by atoms with E-state index in [-0.39, 0.29) is 16.9 Å². The molecule has 0 radical (unpaired) electrons. The van der Waals surface area contributed by atoms with Gasteiger partial charge in [0.05, 0.1) is 11.4 Å². The number of nitrogens with two attached hydrogens (primary N) is 1. The minimum absolute atomic E-state index is 0.0734. The van der Waals surface area contributed by atoms with Crippen molar-refractivity contribution in [1.82, 2.24) is 34.0 Å². The molecule has 10 heteroatoms. The summed E-state index contributed by atoms with van der Waals surface area (Å²) in [7, 11) is 0. The van der Waals surface area contributed by atoms with Gasteiger partial charge in [-0.3, -0.25) is 14.2 Å². The first-order chi connectivity index (χ1) is 21.0. The molecule has 0 fully saturated rings. The van der Waals surface area contributed by atoms with Gasteiger partial charge in [0.2, 0.25) is 0 Å². The van der Waals surface area contributed by atoms with Crippen LogP contribution < -0.4 is 16.6 Å². The molecule has 7 rings (SSSR count). The Hall–Kier alpha value is -5.69. The largest absolute Gasteiger partial charge is 0.381 e. The molecule has 3 N–H and O–H groups in total. The SMILES string of the molecule is CC(NC(=O)c1c(N)nn2cccnc12)c1cc2cccc(C#Cc3ncc4n3CCCC4)c2c(=O)n1-c1ccccc1. The van der Waals surface area contributed by atoms with Crippen LogP contribution in [0.1, 0.15) is 58.9 Å². The second-order valence-electron chi connectivity index (χ2n) is 10.6. The second kappa shape index (κ2) is 10.6. The zero-order valence-corrected chi connectivity index (χ0v) is 23.5. The molecule has 2 aromatic carbocycles. The number of rotatable bonds is 4. The van der Waals surface area contributed by atoms with Crippen LogP contribution in [-0.2, 0) is 13.0 Å². The fourth-order valence-electron chi connectivity index (χ4n) is 5.77. The molecule has 1 atom stereocenters. The summed E-state index contributed by atoms with van der Waals surface area (Å²) in [6, 6.07) is 18.1. The summed E-state index contributed by atoms with van der Waals surface area (Å²) in [5.41, 5.74) is 9.50. The molecule has 0 spiro atoms. The van der Waals surface area contributed by atoms with Crippen LogP contribution in [0.25, 0.3) is 22.1 Å². The van der Waals surface area contributed by atoms with Gasteiger partial charge in [0, 0.05) is 47.8 Å². The molecule has 0 saturated heterocycles. The van der Waals surface area contributed by atoms with Gasteiger partial charge < -0.3 is 15.6 Å². The van der Waals surface area contributed by atoms with Crippen molar-refractivity contribution in [2.24, 2.45) is 0 Å². The Labute approximate surface area is 246 Å². The molecule has 1 aliphatic rings. The Kier molecular flexibility index (Phi) is 6.47. The van der Waals surface area contributed by atoms with Crippen LogP contribution in [0.3, 0.4) is 0 Å². The third-order valence-corrected chi connectivity index (χ3v) is 7.84. The van der Waals surface area contributed by atoms with E-state index in [2.05, 4.69) is 36.8 Å². The van der Waals surface area contributed by atoms with E-state index in [9.17, 15) is 9.59 Å². The van der Waals surface area contributed by atoms with E-state index < -0.39 is 11.9 Å². The van der Waals surface area contributed by atoms with Crippen LogP contribution in [-0.4, -0.2) is 34.6 Å². The number of nitrogens with one attached hydrogen (secondary N) is 1. The average Bonchev–Trinajstić information content (AvgIpc) is 3.60. The number of nitrogens with zero attached hydrogens (tertiary/aromatic N) is 6. The maximum Gasteiger partial charge on any atom is 0.264 e. The number of carbonyl (C=O) groups is 1. The van der Waals surface area contributed by atoms with E-state index in [1.54, 1.807) is 23.0 Å². The first-order valence-corrected chi connectivity index (χ1v) is 14.2. The predicted octanol–water partition coefficient (Wildman–Crippen LogP) is 4.04. The number of para-hydroxylation sites is 1. The Morgan fingerprint density at radius 3 is 2.77 bits per heavy atom. The normalized spacial score (nSPS) is 13.3. The van der Waals surface area contributed by atoms with Crippen LogP contribution in [0.5, 0.6) is 0 Å². The van der Waals surface area contributed by atoms with Crippen LogP contribution in [0.2, 0.25) is 0 Å². The van der Waals surface area contributed by atoms with Crippen LogP contribution >= 0.6 is 0 Å². The topological polar surface area (TPSA) is 125 Å². The number of hydrogen-bond donors (Lipinski definition) is 2. The third kappa shape index (κ3) is 4.61. The molecule has 10 nitrogen and oxygen atoms in total. The molecular formula is C33H28N8O2. The summed E-state index contributed by atoms with van der Waals surface area (Å²) in [6.07, 6.45) is 8.42. The average molecular weight is 569 g/mol. The van der Waals surface area contributed by atoms with E-state index in [1.807, 2.05) is 67.7 Å². The molecular weight excluding hydrogens is 540 g/mol. The van der Waals surface area contributed by atoms with Gasteiger partial charge >= 0.3 is 0 Å². The van der Waals surface area contributed by atoms with E-state index in [0.29, 0.717) is 33.8 Å². The van der Waals surface area contributed by atoms with Crippen molar-refractivity contribution in [2.75, 3.05) is 5.73 Å². The van der Waals surface area contributed by atoms with Crippen molar-refractivity contribution in [1.29, 1.82) is 0 Å². The Bertz CT molecular complexity index is 2150. The number of amides is 1. The monoisotopic (exact) mass is 568 g/mol. The minimum Gasteiger partial charge on any atom is -0.381 e. The molecule has 212 valence electrons. The van der Waals surface area contributed by atoms with Crippen LogP contribution in [0, 0.1) is 11.8 Å². The summed E-state index contributed by atoms with van der Waals surface area (Å²) in [4.78, 5) is 36.6. The van der Waals surface area contributed by atoms with Gasteiger partial charge in [-0.25, -0.2) is 14.5 Å². The maximum atomic E-state index is 14.3. The fraction of sp³-hybridized carbons (Fsp3) is 0.182. The molecule has 1 aliphatic heterocycles. The summed E-state index contributed by atoms with van der Waals surface area (Å²) in [6.45, 7) is 2.73. The number of hydrogen-bond acceptors (Lipinski definition) is 6. The number of aromatic nitrogens is 6. The highest BCUT2D eigenvalue weighted by atomic mass is 16.2. The van der Waals surface area contributed by atoms with Crippen molar-refractivity contribution in [2.45, 2.75) is 38.8 Å². The first kappa shape index (κ1) is 26.2. The number of carbonyl (C=O) groups excluding carboxylic acids is 1.